The molecule has 98 valence electrons. The number of hydrogen-bond donors (Lipinski definition) is 0. The summed E-state index contributed by atoms with van der Waals surface area (Å²) in [4.78, 5) is 14.2. The SMILES string of the molecule is Cc1cc(Oc2c(Br)cncc2[N+](=O)[O-])ccc1Br. The molecule has 0 saturated carbocycles. The summed E-state index contributed by atoms with van der Waals surface area (Å²) in [6.45, 7) is 1.91. The van der Waals surface area contributed by atoms with E-state index in [2.05, 4.69) is 36.8 Å². The molecule has 1 aromatic heterocycles. The fraction of sp³-hybridized carbons (Fsp3) is 0.0833. The summed E-state index contributed by atoms with van der Waals surface area (Å²) in [5.74, 6) is 0.664. The standard InChI is InChI=1S/C12H8Br2N2O3/c1-7-4-8(2-3-9(7)13)19-12-10(14)5-15-6-11(12)16(17)18/h2-6H,1H3. The smallest absolute Gasteiger partial charge is 0.330 e. The summed E-state index contributed by atoms with van der Waals surface area (Å²) in [5.41, 5.74) is 0.792. The minimum absolute atomic E-state index is 0.140. The van der Waals surface area contributed by atoms with Gasteiger partial charge in [-0.15, -0.1) is 0 Å². The summed E-state index contributed by atoms with van der Waals surface area (Å²) >= 11 is 6.59. The highest BCUT2D eigenvalue weighted by Crippen LogP contribution is 2.37. The van der Waals surface area contributed by atoms with E-state index in [1.165, 1.54) is 6.20 Å². The van der Waals surface area contributed by atoms with Crippen molar-refractivity contribution < 1.29 is 9.66 Å². The van der Waals surface area contributed by atoms with Gasteiger partial charge in [-0.1, -0.05) is 15.9 Å². The number of nitro groups is 1. The molecule has 1 aromatic carbocycles. The molecule has 0 aliphatic rings. The van der Waals surface area contributed by atoms with Gasteiger partial charge in [0.15, 0.2) is 0 Å². The van der Waals surface area contributed by atoms with Crippen LogP contribution in [-0.2, 0) is 0 Å². The lowest BCUT2D eigenvalue weighted by molar-refractivity contribution is -0.386. The van der Waals surface area contributed by atoms with Crippen LogP contribution >= 0.6 is 31.9 Å². The van der Waals surface area contributed by atoms with Gasteiger partial charge < -0.3 is 4.74 Å². The van der Waals surface area contributed by atoms with Crippen LogP contribution < -0.4 is 4.74 Å². The predicted octanol–water partition coefficient (Wildman–Crippen LogP) is 4.62. The van der Waals surface area contributed by atoms with E-state index in [4.69, 9.17) is 4.74 Å². The molecule has 0 fully saturated rings. The number of aryl methyl sites for hydroxylation is 1. The van der Waals surface area contributed by atoms with Crippen molar-refractivity contribution in [2.45, 2.75) is 6.92 Å². The molecule has 0 aliphatic heterocycles. The fourth-order valence-corrected chi connectivity index (χ4v) is 2.09. The molecule has 5 nitrogen and oxygen atoms in total. The van der Waals surface area contributed by atoms with E-state index in [9.17, 15) is 10.1 Å². The number of hydrogen-bond acceptors (Lipinski definition) is 4. The number of halogens is 2. The molecule has 1 heterocycles. The Hall–Kier alpha value is -1.47. The van der Waals surface area contributed by atoms with E-state index in [1.807, 2.05) is 13.0 Å². The molecule has 0 radical (unpaired) electrons. The second-order valence-corrected chi connectivity index (χ2v) is 5.45. The molecule has 0 atom stereocenters. The Kier molecular flexibility index (Phi) is 4.16. The lowest BCUT2D eigenvalue weighted by Crippen LogP contribution is -1.95. The summed E-state index contributed by atoms with van der Waals surface area (Å²) in [5, 5.41) is 10.9. The zero-order valence-corrected chi connectivity index (χ0v) is 12.9. The zero-order chi connectivity index (χ0) is 14.0. The van der Waals surface area contributed by atoms with Crippen LogP contribution in [0.3, 0.4) is 0 Å². The number of pyridine rings is 1. The minimum Gasteiger partial charge on any atom is -0.449 e. The monoisotopic (exact) mass is 386 g/mol. The van der Waals surface area contributed by atoms with Gasteiger partial charge in [-0.2, -0.15) is 0 Å². The van der Waals surface area contributed by atoms with Gasteiger partial charge in [0, 0.05) is 10.7 Å². The number of nitrogens with zero attached hydrogens (tertiary/aromatic N) is 2. The summed E-state index contributed by atoms with van der Waals surface area (Å²) in [6, 6.07) is 5.35. The van der Waals surface area contributed by atoms with Crippen LogP contribution in [0.2, 0.25) is 0 Å². The molecule has 0 saturated heterocycles. The van der Waals surface area contributed by atoms with Crippen molar-refractivity contribution in [2.75, 3.05) is 0 Å². The van der Waals surface area contributed by atoms with Crippen LogP contribution in [0.1, 0.15) is 5.56 Å². The first kappa shape index (κ1) is 14.0. The Morgan fingerprint density at radius 2 is 2.00 bits per heavy atom. The Morgan fingerprint density at radius 3 is 2.63 bits per heavy atom. The van der Waals surface area contributed by atoms with Gasteiger partial charge in [0.25, 0.3) is 0 Å². The molecule has 0 amide bonds. The highest BCUT2D eigenvalue weighted by atomic mass is 79.9. The van der Waals surface area contributed by atoms with Crippen molar-refractivity contribution in [1.82, 2.24) is 4.98 Å². The van der Waals surface area contributed by atoms with Crippen molar-refractivity contribution in [2.24, 2.45) is 0 Å². The Labute approximate surface area is 126 Å². The lowest BCUT2D eigenvalue weighted by Gasteiger charge is -2.09. The maximum Gasteiger partial charge on any atom is 0.330 e. The molecule has 0 bridgehead atoms. The van der Waals surface area contributed by atoms with Gasteiger partial charge in [-0.05, 0) is 46.6 Å². The quantitative estimate of drug-likeness (QED) is 0.569. The Balaban J connectivity index is 2.42. The molecular weight excluding hydrogens is 380 g/mol. The third-order valence-electron chi connectivity index (χ3n) is 2.38. The van der Waals surface area contributed by atoms with Crippen LogP contribution in [0.5, 0.6) is 11.5 Å². The van der Waals surface area contributed by atoms with E-state index in [1.54, 1.807) is 12.1 Å². The van der Waals surface area contributed by atoms with Crippen LogP contribution in [0.15, 0.2) is 39.5 Å². The molecule has 2 rings (SSSR count). The van der Waals surface area contributed by atoms with Crippen molar-refractivity contribution in [1.29, 1.82) is 0 Å². The first-order valence-corrected chi connectivity index (χ1v) is 6.79. The molecule has 0 N–H and O–H groups in total. The third-order valence-corrected chi connectivity index (χ3v) is 3.83. The average Bonchev–Trinajstić information content (AvgIpc) is 2.36. The van der Waals surface area contributed by atoms with Gasteiger partial charge in [0.2, 0.25) is 5.75 Å². The lowest BCUT2D eigenvalue weighted by atomic mass is 10.2. The van der Waals surface area contributed by atoms with E-state index in [0.717, 1.165) is 16.2 Å². The highest BCUT2D eigenvalue weighted by molar-refractivity contribution is 9.10. The normalized spacial score (nSPS) is 10.3. The number of rotatable bonds is 3. The van der Waals surface area contributed by atoms with Gasteiger partial charge >= 0.3 is 5.69 Å². The van der Waals surface area contributed by atoms with Crippen LogP contribution in [0.25, 0.3) is 0 Å². The first-order chi connectivity index (χ1) is 8.99. The highest BCUT2D eigenvalue weighted by Gasteiger charge is 2.19. The molecule has 0 spiro atoms. The number of ether oxygens (including phenoxy) is 1. The largest absolute Gasteiger partial charge is 0.449 e. The third kappa shape index (κ3) is 3.10. The van der Waals surface area contributed by atoms with E-state index >= 15 is 0 Å². The van der Waals surface area contributed by atoms with E-state index < -0.39 is 4.92 Å². The van der Waals surface area contributed by atoms with E-state index in [-0.39, 0.29) is 11.4 Å². The summed E-state index contributed by atoms with van der Waals surface area (Å²) < 4.78 is 6.97. The van der Waals surface area contributed by atoms with Gasteiger partial charge in [0.05, 0.1) is 9.40 Å². The zero-order valence-electron chi connectivity index (χ0n) is 9.76. The van der Waals surface area contributed by atoms with Crippen LogP contribution in [-0.4, -0.2) is 9.91 Å². The molecular formula is C12H8Br2N2O3. The topological polar surface area (TPSA) is 65.3 Å². The van der Waals surface area contributed by atoms with Gasteiger partial charge in [-0.25, -0.2) is 0 Å². The van der Waals surface area contributed by atoms with Crippen molar-refractivity contribution >= 4 is 37.5 Å². The molecule has 7 heteroatoms. The van der Waals surface area contributed by atoms with Gasteiger partial charge in [0.1, 0.15) is 11.9 Å². The van der Waals surface area contributed by atoms with Gasteiger partial charge in [-0.3, -0.25) is 15.1 Å². The maximum atomic E-state index is 10.9. The molecule has 2 aromatic rings. The molecule has 0 unspecified atom stereocenters. The van der Waals surface area contributed by atoms with Crippen molar-refractivity contribution in [3.63, 3.8) is 0 Å². The van der Waals surface area contributed by atoms with Crippen LogP contribution in [0.4, 0.5) is 5.69 Å². The number of benzene rings is 1. The predicted molar refractivity (Wildman–Crippen MR) is 77.5 cm³/mol. The molecule has 19 heavy (non-hydrogen) atoms. The second kappa shape index (κ2) is 5.66. The Morgan fingerprint density at radius 1 is 1.26 bits per heavy atom. The summed E-state index contributed by atoms with van der Waals surface area (Å²) in [6.07, 6.45) is 2.61. The molecule has 0 aliphatic carbocycles. The Bertz CT molecular complexity index is 647. The minimum atomic E-state index is -0.529. The van der Waals surface area contributed by atoms with Crippen molar-refractivity contribution in [3.8, 4) is 11.5 Å². The fourth-order valence-electron chi connectivity index (χ4n) is 1.44. The summed E-state index contributed by atoms with van der Waals surface area (Å²) in [7, 11) is 0. The maximum absolute atomic E-state index is 10.9. The second-order valence-electron chi connectivity index (χ2n) is 3.74. The average molecular weight is 388 g/mol. The van der Waals surface area contributed by atoms with E-state index in [0.29, 0.717) is 10.2 Å². The van der Waals surface area contributed by atoms with Crippen LogP contribution in [0, 0.1) is 17.0 Å². The van der Waals surface area contributed by atoms with Crippen molar-refractivity contribution in [3.05, 3.63) is 55.2 Å². The first-order valence-electron chi connectivity index (χ1n) is 5.21. The number of aromatic nitrogens is 1.